The van der Waals surface area contributed by atoms with Crippen LogP contribution in [-0.2, 0) is 4.74 Å². The first-order chi connectivity index (χ1) is 11.2. The molecule has 2 heterocycles. The van der Waals surface area contributed by atoms with Crippen LogP contribution in [0.15, 0.2) is 48.5 Å². The molecular formula is C18H18N2O3. The summed E-state index contributed by atoms with van der Waals surface area (Å²) in [6, 6.07) is 15.5. The maximum atomic E-state index is 11.1. The van der Waals surface area contributed by atoms with Gasteiger partial charge in [0.25, 0.3) is 5.69 Å². The van der Waals surface area contributed by atoms with Gasteiger partial charge in [-0.15, -0.1) is 0 Å². The lowest BCUT2D eigenvalue weighted by Gasteiger charge is -2.43. The van der Waals surface area contributed by atoms with Crippen molar-refractivity contribution in [1.82, 2.24) is 0 Å². The highest BCUT2D eigenvalue weighted by atomic mass is 16.6. The minimum absolute atomic E-state index is 0.0786. The number of nitro groups is 1. The Morgan fingerprint density at radius 1 is 1.17 bits per heavy atom. The standard InChI is InChI=1S/C18H18N2O3/c21-20(22)13-8-9-16-15(11-13)18-14(7-4-10-23-18)17(19-16)12-5-2-1-3-6-12/h1-3,5-6,8-9,11,14,17-19H,4,7,10H2/t14-,17-,18-/m0/s1. The minimum atomic E-state index is -0.346. The Balaban J connectivity index is 1.78. The van der Waals surface area contributed by atoms with Crippen LogP contribution < -0.4 is 5.32 Å². The van der Waals surface area contributed by atoms with Crippen molar-refractivity contribution in [1.29, 1.82) is 0 Å². The van der Waals surface area contributed by atoms with Crippen LogP contribution in [0.2, 0.25) is 0 Å². The average Bonchev–Trinajstić information content (AvgIpc) is 2.61. The van der Waals surface area contributed by atoms with Gasteiger partial charge in [-0.3, -0.25) is 10.1 Å². The summed E-state index contributed by atoms with van der Waals surface area (Å²) >= 11 is 0. The molecule has 2 aliphatic rings. The van der Waals surface area contributed by atoms with Gasteiger partial charge in [-0.1, -0.05) is 30.3 Å². The molecule has 2 aromatic carbocycles. The number of benzene rings is 2. The fourth-order valence-electron chi connectivity index (χ4n) is 3.76. The molecule has 118 valence electrons. The van der Waals surface area contributed by atoms with Crippen molar-refractivity contribution >= 4 is 11.4 Å². The molecule has 2 aliphatic heterocycles. The van der Waals surface area contributed by atoms with Crippen LogP contribution in [0.4, 0.5) is 11.4 Å². The number of nitro benzene ring substituents is 1. The summed E-state index contributed by atoms with van der Waals surface area (Å²) in [6.07, 6.45) is 2.00. The normalized spacial score (nSPS) is 25.8. The summed E-state index contributed by atoms with van der Waals surface area (Å²) in [7, 11) is 0. The number of hydrogen-bond donors (Lipinski definition) is 1. The van der Waals surface area contributed by atoms with Gasteiger partial charge in [-0.05, 0) is 24.5 Å². The molecule has 0 saturated carbocycles. The Morgan fingerprint density at radius 3 is 2.78 bits per heavy atom. The lowest BCUT2D eigenvalue weighted by atomic mass is 9.77. The molecule has 3 atom stereocenters. The van der Waals surface area contributed by atoms with Gasteiger partial charge < -0.3 is 10.1 Å². The van der Waals surface area contributed by atoms with Gasteiger partial charge >= 0.3 is 0 Å². The van der Waals surface area contributed by atoms with Gasteiger partial charge in [0.1, 0.15) is 0 Å². The first-order valence-electron chi connectivity index (χ1n) is 7.95. The van der Waals surface area contributed by atoms with Crippen LogP contribution >= 0.6 is 0 Å². The summed E-state index contributed by atoms with van der Waals surface area (Å²) < 4.78 is 6.03. The molecule has 0 amide bonds. The maximum Gasteiger partial charge on any atom is 0.269 e. The zero-order chi connectivity index (χ0) is 15.8. The Morgan fingerprint density at radius 2 is 2.00 bits per heavy atom. The summed E-state index contributed by atoms with van der Waals surface area (Å²) in [5, 5.41) is 14.7. The number of ether oxygens (including phenoxy) is 1. The van der Waals surface area contributed by atoms with E-state index in [1.807, 2.05) is 18.2 Å². The summed E-state index contributed by atoms with van der Waals surface area (Å²) in [5.74, 6) is 0.292. The SMILES string of the molecule is O=[N+]([O-])c1ccc2c(c1)[C@H]1OCCC[C@H]1[C@H](c1ccccc1)N2. The van der Waals surface area contributed by atoms with Crippen molar-refractivity contribution in [3.63, 3.8) is 0 Å². The highest BCUT2D eigenvalue weighted by Crippen LogP contribution is 2.49. The van der Waals surface area contributed by atoms with E-state index in [1.54, 1.807) is 18.2 Å². The Bertz CT molecular complexity index is 732. The zero-order valence-electron chi connectivity index (χ0n) is 12.6. The number of fused-ring (bicyclic) bond motifs is 3. The fourth-order valence-corrected chi connectivity index (χ4v) is 3.76. The van der Waals surface area contributed by atoms with Crippen molar-refractivity contribution < 1.29 is 9.66 Å². The van der Waals surface area contributed by atoms with Crippen molar-refractivity contribution in [2.45, 2.75) is 25.0 Å². The molecule has 0 radical (unpaired) electrons. The van der Waals surface area contributed by atoms with Crippen LogP contribution in [0.25, 0.3) is 0 Å². The molecule has 5 heteroatoms. The number of anilines is 1. The smallest absolute Gasteiger partial charge is 0.269 e. The molecule has 1 saturated heterocycles. The summed E-state index contributed by atoms with van der Waals surface area (Å²) in [6.45, 7) is 0.713. The molecule has 0 spiro atoms. The van der Waals surface area contributed by atoms with Crippen molar-refractivity contribution in [2.24, 2.45) is 5.92 Å². The van der Waals surface area contributed by atoms with Crippen LogP contribution in [0.5, 0.6) is 0 Å². The number of hydrogen-bond acceptors (Lipinski definition) is 4. The van der Waals surface area contributed by atoms with Crippen molar-refractivity contribution in [2.75, 3.05) is 11.9 Å². The zero-order valence-corrected chi connectivity index (χ0v) is 12.6. The highest BCUT2D eigenvalue weighted by Gasteiger charge is 2.40. The van der Waals surface area contributed by atoms with Crippen LogP contribution in [0.3, 0.4) is 0 Å². The highest BCUT2D eigenvalue weighted by molar-refractivity contribution is 5.60. The van der Waals surface area contributed by atoms with Gasteiger partial charge in [0.2, 0.25) is 0 Å². The summed E-state index contributed by atoms with van der Waals surface area (Å²) in [5.41, 5.74) is 3.21. The van der Waals surface area contributed by atoms with Gasteiger partial charge in [0.15, 0.2) is 0 Å². The molecule has 0 aliphatic carbocycles. The molecule has 23 heavy (non-hydrogen) atoms. The summed E-state index contributed by atoms with van der Waals surface area (Å²) in [4.78, 5) is 10.7. The minimum Gasteiger partial charge on any atom is -0.378 e. The van der Waals surface area contributed by atoms with Crippen LogP contribution in [0.1, 0.15) is 36.1 Å². The van der Waals surface area contributed by atoms with E-state index in [4.69, 9.17) is 4.74 Å². The third-order valence-electron chi connectivity index (χ3n) is 4.82. The predicted octanol–water partition coefficient (Wildman–Crippen LogP) is 4.23. The molecule has 2 aromatic rings. The Kier molecular flexibility index (Phi) is 3.50. The van der Waals surface area contributed by atoms with Crippen LogP contribution in [0, 0.1) is 16.0 Å². The van der Waals surface area contributed by atoms with Gasteiger partial charge in [-0.25, -0.2) is 0 Å². The Labute approximate surface area is 134 Å². The van der Waals surface area contributed by atoms with Crippen molar-refractivity contribution in [3.8, 4) is 0 Å². The van der Waals surface area contributed by atoms with Gasteiger partial charge in [0.05, 0.1) is 17.1 Å². The first kappa shape index (κ1) is 14.2. The molecule has 1 N–H and O–H groups in total. The number of nitrogens with zero attached hydrogens (tertiary/aromatic N) is 1. The number of nitrogens with one attached hydrogen (secondary N) is 1. The molecule has 1 fully saturated rings. The van der Waals surface area contributed by atoms with Gasteiger partial charge in [-0.2, -0.15) is 0 Å². The van der Waals surface area contributed by atoms with E-state index < -0.39 is 0 Å². The Hall–Kier alpha value is -2.40. The van der Waals surface area contributed by atoms with E-state index >= 15 is 0 Å². The third kappa shape index (κ3) is 2.47. The lowest BCUT2D eigenvalue weighted by molar-refractivity contribution is -0.385. The van der Waals surface area contributed by atoms with Crippen LogP contribution in [-0.4, -0.2) is 11.5 Å². The van der Waals surface area contributed by atoms with E-state index in [0.717, 1.165) is 24.1 Å². The lowest BCUT2D eigenvalue weighted by Crippen LogP contribution is -2.36. The van der Waals surface area contributed by atoms with E-state index in [-0.39, 0.29) is 22.8 Å². The van der Waals surface area contributed by atoms with E-state index in [0.29, 0.717) is 12.5 Å². The first-order valence-corrected chi connectivity index (χ1v) is 7.95. The quantitative estimate of drug-likeness (QED) is 0.666. The number of rotatable bonds is 2. The fraction of sp³-hybridized carbons (Fsp3) is 0.333. The monoisotopic (exact) mass is 310 g/mol. The average molecular weight is 310 g/mol. The second-order valence-corrected chi connectivity index (χ2v) is 6.16. The maximum absolute atomic E-state index is 11.1. The molecule has 5 nitrogen and oxygen atoms in total. The third-order valence-corrected chi connectivity index (χ3v) is 4.82. The van der Waals surface area contributed by atoms with E-state index in [9.17, 15) is 10.1 Å². The second-order valence-electron chi connectivity index (χ2n) is 6.16. The molecular weight excluding hydrogens is 292 g/mol. The van der Waals surface area contributed by atoms with Gasteiger partial charge in [0, 0.05) is 35.9 Å². The van der Waals surface area contributed by atoms with E-state index in [1.165, 1.54) is 5.56 Å². The predicted molar refractivity (Wildman–Crippen MR) is 87.3 cm³/mol. The molecule has 4 rings (SSSR count). The van der Waals surface area contributed by atoms with E-state index in [2.05, 4.69) is 17.4 Å². The molecule has 0 unspecified atom stereocenters. The largest absolute Gasteiger partial charge is 0.378 e. The molecule has 0 aromatic heterocycles. The topological polar surface area (TPSA) is 64.4 Å². The van der Waals surface area contributed by atoms with Crippen molar-refractivity contribution in [3.05, 3.63) is 69.8 Å². The second kappa shape index (κ2) is 5.66. The molecule has 0 bridgehead atoms. The number of non-ortho nitro benzene ring substituents is 1.